The Kier molecular flexibility index (Phi) is 6.28. The van der Waals surface area contributed by atoms with Crippen molar-refractivity contribution in [3.63, 3.8) is 0 Å². The van der Waals surface area contributed by atoms with E-state index in [0.29, 0.717) is 50.5 Å². The Morgan fingerprint density at radius 2 is 2.00 bits per heavy atom. The molecule has 1 aliphatic heterocycles. The van der Waals surface area contributed by atoms with E-state index in [2.05, 4.69) is 59.5 Å². The molecule has 2 heterocycles. The second-order valence-corrected chi connectivity index (χ2v) is 7.13. The average molecular weight is 384 g/mol. The molecule has 3 rings (SSSR count). The molecule has 1 amide bonds. The number of piperazine rings is 1. The summed E-state index contributed by atoms with van der Waals surface area (Å²) in [4.78, 5) is 20.2. The molecule has 0 saturated carbocycles. The molecule has 1 aromatic carbocycles. The molecule has 1 aromatic heterocycles. The third-order valence-corrected chi connectivity index (χ3v) is 4.82. The van der Waals surface area contributed by atoms with Gasteiger partial charge in [-0.05, 0) is 30.9 Å². The highest BCUT2D eigenvalue weighted by Crippen LogP contribution is 2.29. The molecule has 8 nitrogen and oxygen atoms in total. The molecule has 0 atom stereocenters. The normalized spacial score (nSPS) is 14.3. The van der Waals surface area contributed by atoms with E-state index in [1.165, 1.54) is 5.56 Å². The number of nitrogens with zero attached hydrogens (tertiary/aromatic N) is 5. The van der Waals surface area contributed by atoms with Crippen molar-refractivity contribution in [1.82, 2.24) is 20.1 Å². The lowest BCUT2D eigenvalue weighted by Gasteiger charge is -2.33. The molecule has 0 unspecified atom stereocenters. The van der Waals surface area contributed by atoms with Gasteiger partial charge in [0.1, 0.15) is 0 Å². The van der Waals surface area contributed by atoms with Crippen molar-refractivity contribution in [1.29, 1.82) is 0 Å². The molecule has 2 aromatic rings. The summed E-state index contributed by atoms with van der Waals surface area (Å²) in [6.45, 7) is 11.1. The minimum Gasteiger partial charge on any atom is -0.450 e. The molecular formula is C20H28N6O2. The van der Waals surface area contributed by atoms with Crippen molar-refractivity contribution in [3.05, 3.63) is 35.5 Å². The van der Waals surface area contributed by atoms with Gasteiger partial charge < -0.3 is 19.9 Å². The van der Waals surface area contributed by atoms with Crippen LogP contribution in [0.4, 0.5) is 22.2 Å². The standard InChI is InChI=1S/C20H28N6O2/c1-5-28-20(27)26-11-9-25(10-12-26)19-23-17(13-21-24-19)22-18-15(4)7-6-8-16(18)14(2)3/h6-8,13-14H,5,9-12H2,1-4H3,(H,22,23,24). The van der Waals surface area contributed by atoms with Crippen molar-refractivity contribution >= 4 is 23.5 Å². The van der Waals surface area contributed by atoms with Crippen LogP contribution in [0, 0.1) is 6.92 Å². The number of hydrogen-bond acceptors (Lipinski definition) is 7. The Bertz CT molecular complexity index is 818. The Morgan fingerprint density at radius 3 is 2.68 bits per heavy atom. The van der Waals surface area contributed by atoms with Gasteiger partial charge in [0.05, 0.1) is 12.8 Å². The lowest BCUT2D eigenvalue weighted by atomic mass is 9.98. The first-order valence-corrected chi connectivity index (χ1v) is 9.72. The number of aryl methyl sites for hydroxylation is 1. The fraction of sp³-hybridized carbons (Fsp3) is 0.500. The van der Waals surface area contributed by atoms with Crippen LogP contribution in [-0.2, 0) is 4.74 Å². The number of benzene rings is 1. The van der Waals surface area contributed by atoms with Gasteiger partial charge in [-0.25, -0.2) is 4.79 Å². The number of amides is 1. The number of anilines is 3. The number of rotatable bonds is 5. The highest BCUT2D eigenvalue weighted by molar-refractivity contribution is 5.68. The number of hydrogen-bond donors (Lipinski definition) is 1. The predicted molar refractivity (Wildman–Crippen MR) is 109 cm³/mol. The summed E-state index contributed by atoms with van der Waals surface area (Å²) in [5.41, 5.74) is 3.47. The minimum absolute atomic E-state index is 0.266. The maximum Gasteiger partial charge on any atom is 0.409 e. The lowest BCUT2D eigenvalue weighted by Crippen LogP contribution is -2.49. The van der Waals surface area contributed by atoms with Crippen molar-refractivity contribution < 1.29 is 9.53 Å². The van der Waals surface area contributed by atoms with Crippen LogP contribution >= 0.6 is 0 Å². The average Bonchev–Trinajstić information content (AvgIpc) is 2.70. The fourth-order valence-electron chi connectivity index (χ4n) is 3.26. The monoisotopic (exact) mass is 384 g/mol. The SMILES string of the molecule is CCOC(=O)N1CCN(c2nncc(Nc3c(C)cccc3C(C)C)n2)CC1. The zero-order valence-electron chi connectivity index (χ0n) is 17.0. The number of nitrogens with one attached hydrogen (secondary N) is 1. The topological polar surface area (TPSA) is 83.5 Å². The summed E-state index contributed by atoms with van der Waals surface area (Å²) in [7, 11) is 0. The Labute approximate surface area is 165 Å². The molecule has 0 bridgehead atoms. The first-order chi connectivity index (χ1) is 13.5. The summed E-state index contributed by atoms with van der Waals surface area (Å²) in [6, 6.07) is 6.28. The zero-order valence-corrected chi connectivity index (χ0v) is 17.0. The smallest absolute Gasteiger partial charge is 0.409 e. The first-order valence-electron chi connectivity index (χ1n) is 9.72. The summed E-state index contributed by atoms with van der Waals surface area (Å²) >= 11 is 0. The summed E-state index contributed by atoms with van der Waals surface area (Å²) < 4.78 is 5.06. The summed E-state index contributed by atoms with van der Waals surface area (Å²) in [5.74, 6) is 1.62. The molecule has 0 radical (unpaired) electrons. The van der Waals surface area contributed by atoms with Crippen LogP contribution in [0.3, 0.4) is 0 Å². The van der Waals surface area contributed by atoms with E-state index in [-0.39, 0.29) is 6.09 Å². The summed E-state index contributed by atoms with van der Waals surface area (Å²) in [6.07, 6.45) is 1.37. The lowest BCUT2D eigenvalue weighted by molar-refractivity contribution is 0.105. The van der Waals surface area contributed by atoms with E-state index in [1.807, 2.05) is 11.8 Å². The van der Waals surface area contributed by atoms with Crippen molar-refractivity contribution in [2.75, 3.05) is 43.0 Å². The maximum atomic E-state index is 11.8. The molecule has 0 spiro atoms. The zero-order chi connectivity index (χ0) is 20.1. The Balaban J connectivity index is 1.72. The molecule has 8 heteroatoms. The largest absolute Gasteiger partial charge is 0.450 e. The number of aromatic nitrogens is 3. The van der Waals surface area contributed by atoms with Gasteiger partial charge in [0, 0.05) is 31.9 Å². The Morgan fingerprint density at radius 1 is 1.25 bits per heavy atom. The highest BCUT2D eigenvalue weighted by atomic mass is 16.6. The summed E-state index contributed by atoms with van der Waals surface area (Å²) in [5, 5.41) is 11.7. The van der Waals surface area contributed by atoms with Crippen molar-refractivity contribution in [3.8, 4) is 0 Å². The second-order valence-electron chi connectivity index (χ2n) is 7.13. The van der Waals surface area contributed by atoms with Gasteiger partial charge in [0.25, 0.3) is 0 Å². The van der Waals surface area contributed by atoms with Crippen LogP contribution < -0.4 is 10.2 Å². The molecule has 0 aliphatic carbocycles. The van der Waals surface area contributed by atoms with Crippen LogP contribution in [0.5, 0.6) is 0 Å². The van der Waals surface area contributed by atoms with Crippen LogP contribution in [-0.4, -0.2) is 59.0 Å². The van der Waals surface area contributed by atoms with E-state index in [4.69, 9.17) is 4.74 Å². The van der Waals surface area contributed by atoms with Crippen LogP contribution in [0.15, 0.2) is 24.4 Å². The van der Waals surface area contributed by atoms with Crippen molar-refractivity contribution in [2.24, 2.45) is 0 Å². The van der Waals surface area contributed by atoms with E-state index in [9.17, 15) is 4.79 Å². The van der Waals surface area contributed by atoms with E-state index < -0.39 is 0 Å². The number of carbonyl (C=O) groups excluding carboxylic acids is 1. The van der Waals surface area contributed by atoms with Gasteiger partial charge in [-0.1, -0.05) is 32.0 Å². The fourth-order valence-corrected chi connectivity index (χ4v) is 3.26. The predicted octanol–water partition coefficient (Wildman–Crippen LogP) is 3.33. The molecule has 1 aliphatic rings. The van der Waals surface area contributed by atoms with Gasteiger partial charge in [-0.15, -0.1) is 5.10 Å². The number of para-hydroxylation sites is 1. The number of carbonyl (C=O) groups is 1. The molecule has 150 valence electrons. The molecule has 1 N–H and O–H groups in total. The minimum atomic E-state index is -0.266. The van der Waals surface area contributed by atoms with Crippen LogP contribution in [0.1, 0.15) is 37.8 Å². The molecule has 28 heavy (non-hydrogen) atoms. The molecule has 1 fully saturated rings. The van der Waals surface area contributed by atoms with Crippen LogP contribution in [0.25, 0.3) is 0 Å². The molecule has 1 saturated heterocycles. The Hall–Kier alpha value is -2.90. The second kappa shape index (κ2) is 8.86. The number of ether oxygens (including phenoxy) is 1. The van der Waals surface area contributed by atoms with E-state index in [1.54, 1.807) is 11.1 Å². The van der Waals surface area contributed by atoms with E-state index >= 15 is 0 Å². The van der Waals surface area contributed by atoms with Crippen LogP contribution in [0.2, 0.25) is 0 Å². The first kappa shape index (κ1) is 19.9. The maximum absolute atomic E-state index is 11.8. The van der Waals surface area contributed by atoms with Gasteiger partial charge in [-0.3, -0.25) is 0 Å². The third-order valence-electron chi connectivity index (χ3n) is 4.82. The van der Waals surface area contributed by atoms with Crippen molar-refractivity contribution in [2.45, 2.75) is 33.6 Å². The molecular weight excluding hydrogens is 356 g/mol. The van der Waals surface area contributed by atoms with Gasteiger partial charge in [0.15, 0.2) is 5.82 Å². The highest BCUT2D eigenvalue weighted by Gasteiger charge is 2.23. The van der Waals surface area contributed by atoms with Gasteiger partial charge in [0.2, 0.25) is 5.95 Å². The van der Waals surface area contributed by atoms with E-state index in [0.717, 1.165) is 11.3 Å². The quantitative estimate of drug-likeness (QED) is 0.846. The van der Waals surface area contributed by atoms with Gasteiger partial charge in [-0.2, -0.15) is 10.1 Å². The van der Waals surface area contributed by atoms with Gasteiger partial charge >= 0.3 is 6.09 Å². The third kappa shape index (κ3) is 4.49.